The molecule has 0 unspecified atom stereocenters. The number of hydrogen-bond donors (Lipinski definition) is 1. The quantitative estimate of drug-likeness (QED) is 0.321. The summed E-state index contributed by atoms with van der Waals surface area (Å²) in [6, 6.07) is 9.49. The van der Waals surface area contributed by atoms with Gasteiger partial charge in [0.15, 0.2) is 0 Å². The first kappa shape index (κ1) is 22.3. The first-order chi connectivity index (χ1) is 9.31. The Balaban J connectivity index is 0. The number of unbranched alkanes of at least 4 members (excludes halogenated alkanes) is 9. The molecule has 1 nitrogen and oxygen atoms in total. The Hall–Kier alpha value is 0.0200. The van der Waals surface area contributed by atoms with Crippen LogP contribution in [0.4, 0.5) is 5.69 Å². The van der Waals surface area contributed by atoms with Gasteiger partial charge in [0.1, 0.15) is 0 Å². The van der Waals surface area contributed by atoms with Gasteiger partial charge >= 0.3 is 29.6 Å². The minimum atomic E-state index is 0. The van der Waals surface area contributed by atoms with Gasteiger partial charge in [0, 0.05) is 5.69 Å². The first-order valence-corrected chi connectivity index (χ1v) is 7.91. The predicted molar refractivity (Wildman–Crippen MR) is 88.1 cm³/mol. The third-order valence-corrected chi connectivity index (χ3v) is 3.15. The molecule has 0 heterocycles. The summed E-state index contributed by atoms with van der Waals surface area (Å²) in [5.41, 5.74) is 6.18. The van der Waals surface area contributed by atoms with Gasteiger partial charge in [-0.2, -0.15) is 6.42 Å². The molecule has 110 valence electrons. The van der Waals surface area contributed by atoms with Crippen LogP contribution in [0.1, 0.15) is 71.1 Å². The molecule has 20 heavy (non-hydrogen) atoms. The summed E-state index contributed by atoms with van der Waals surface area (Å²) in [5, 5.41) is 0. The maximum atomic E-state index is 5.36. The molecular formula is C18H32NNa. The molecule has 0 aliphatic rings. The maximum Gasteiger partial charge on any atom is 1.00 e. The van der Waals surface area contributed by atoms with Crippen molar-refractivity contribution in [1.29, 1.82) is 0 Å². The summed E-state index contributed by atoms with van der Waals surface area (Å²) < 4.78 is 0. The van der Waals surface area contributed by atoms with E-state index in [4.69, 9.17) is 5.73 Å². The number of benzene rings is 1. The average molecular weight is 285 g/mol. The summed E-state index contributed by atoms with van der Waals surface area (Å²) in [5.74, 6) is 0. The third kappa shape index (κ3) is 18.0. The summed E-state index contributed by atoms with van der Waals surface area (Å²) in [6.07, 6.45) is 13.9. The zero-order valence-electron chi connectivity index (χ0n) is 13.7. The van der Waals surface area contributed by atoms with E-state index < -0.39 is 0 Å². The number of nitrogen functional groups attached to an aromatic ring is 1. The molecule has 0 saturated carbocycles. The molecule has 0 radical (unpaired) electrons. The average Bonchev–Trinajstić information content (AvgIpc) is 2.43. The Morgan fingerprint density at radius 2 is 1.25 bits per heavy atom. The molecule has 0 amide bonds. The van der Waals surface area contributed by atoms with Crippen LogP contribution in [0.2, 0.25) is 0 Å². The fourth-order valence-corrected chi connectivity index (χ4v) is 1.94. The topological polar surface area (TPSA) is 26.0 Å². The fourth-order valence-electron chi connectivity index (χ4n) is 1.94. The Morgan fingerprint density at radius 1 is 0.800 bits per heavy atom. The van der Waals surface area contributed by atoms with Crippen LogP contribution in [0.3, 0.4) is 0 Å². The summed E-state index contributed by atoms with van der Waals surface area (Å²) >= 11 is 0. The molecule has 0 aliphatic heterocycles. The van der Waals surface area contributed by atoms with Crippen molar-refractivity contribution in [1.82, 2.24) is 0 Å². The van der Waals surface area contributed by atoms with E-state index in [0.717, 1.165) is 12.1 Å². The van der Waals surface area contributed by atoms with Crippen LogP contribution in [0.15, 0.2) is 30.3 Å². The zero-order valence-corrected chi connectivity index (χ0v) is 15.7. The van der Waals surface area contributed by atoms with E-state index in [1.807, 2.05) is 30.3 Å². The fraction of sp³-hybridized carbons (Fsp3) is 0.611. The van der Waals surface area contributed by atoms with Crippen molar-refractivity contribution in [3.8, 4) is 0 Å². The van der Waals surface area contributed by atoms with E-state index in [9.17, 15) is 0 Å². The Labute approximate surface area is 149 Å². The molecule has 0 fully saturated rings. The Kier molecular flexibility index (Phi) is 21.2. The summed E-state index contributed by atoms with van der Waals surface area (Å²) in [6.45, 7) is 6.12. The van der Waals surface area contributed by atoms with Gasteiger partial charge in [-0.05, 0) is 12.1 Å². The van der Waals surface area contributed by atoms with Crippen LogP contribution in [0.5, 0.6) is 0 Å². The van der Waals surface area contributed by atoms with Gasteiger partial charge in [-0.15, -0.1) is 0 Å². The van der Waals surface area contributed by atoms with Crippen LogP contribution in [0, 0.1) is 6.92 Å². The second-order valence-electron chi connectivity index (χ2n) is 5.09. The second kappa shape index (κ2) is 19.0. The monoisotopic (exact) mass is 285 g/mol. The summed E-state index contributed by atoms with van der Waals surface area (Å²) in [4.78, 5) is 0. The van der Waals surface area contributed by atoms with Gasteiger partial charge in [-0.3, -0.25) is 0 Å². The molecule has 0 aliphatic carbocycles. The van der Waals surface area contributed by atoms with E-state index in [-0.39, 0.29) is 29.6 Å². The summed E-state index contributed by atoms with van der Waals surface area (Å²) in [7, 11) is 0. The minimum absolute atomic E-state index is 0. The molecule has 0 aromatic heterocycles. The van der Waals surface area contributed by atoms with Crippen molar-refractivity contribution in [2.24, 2.45) is 0 Å². The number of anilines is 1. The number of hydrogen-bond acceptors (Lipinski definition) is 1. The Morgan fingerprint density at radius 3 is 1.60 bits per heavy atom. The van der Waals surface area contributed by atoms with Gasteiger partial charge < -0.3 is 12.7 Å². The van der Waals surface area contributed by atoms with Crippen LogP contribution >= 0.6 is 0 Å². The molecule has 0 bridgehead atoms. The van der Waals surface area contributed by atoms with E-state index in [1.54, 1.807) is 0 Å². The normalized spacial score (nSPS) is 9.30. The largest absolute Gasteiger partial charge is 1.00 e. The van der Waals surface area contributed by atoms with Crippen molar-refractivity contribution in [3.63, 3.8) is 0 Å². The van der Waals surface area contributed by atoms with Crippen molar-refractivity contribution < 1.29 is 29.6 Å². The van der Waals surface area contributed by atoms with Gasteiger partial charge in [-0.1, -0.05) is 82.9 Å². The van der Waals surface area contributed by atoms with Gasteiger partial charge in [-0.25, -0.2) is 0 Å². The van der Waals surface area contributed by atoms with Crippen molar-refractivity contribution >= 4 is 5.69 Å². The van der Waals surface area contributed by atoms with E-state index in [1.165, 1.54) is 57.8 Å². The second-order valence-corrected chi connectivity index (χ2v) is 5.09. The molecule has 0 atom stereocenters. The molecular weight excluding hydrogens is 253 g/mol. The van der Waals surface area contributed by atoms with Gasteiger partial charge in [0.25, 0.3) is 0 Å². The molecule has 0 saturated heterocycles. The number of nitrogens with two attached hydrogens (primary N) is 1. The molecule has 2 N–H and O–H groups in total. The number of para-hydroxylation sites is 1. The van der Waals surface area contributed by atoms with E-state index in [0.29, 0.717) is 0 Å². The van der Waals surface area contributed by atoms with Crippen LogP contribution < -0.4 is 35.3 Å². The SMILES string of the molecule is Nc1ccccc1.[CH2-]CCCCCCCCCCC.[Na+]. The van der Waals surface area contributed by atoms with Gasteiger partial charge in [0.2, 0.25) is 0 Å². The Bertz CT molecular complexity index is 251. The predicted octanol–water partition coefficient (Wildman–Crippen LogP) is 3.01. The first-order valence-electron chi connectivity index (χ1n) is 7.91. The van der Waals surface area contributed by atoms with Crippen LogP contribution in [-0.2, 0) is 0 Å². The number of rotatable bonds is 9. The van der Waals surface area contributed by atoms with Crippen LogP contribution in [-0.4, -0.2) is 0 Å². The zero-order chi connectivity index (χ0) is 14.2. The standard InChI is InChI=1S/C12H25.C6H7N.Na/c1-3-5-7-9-11-12-10-8-6-4-2;7-6-4-2-1-3-5-6;/h1,3-12H2,2H3;1-5H,7H2;/q-1;;+1. The van der Waals surface area contributed by atoms with E-state index >= 15 is 0 Å². The van der Waals surface area contributed by atoms with Crippen molar-refractivity contribution in [3.05, 3.63) is 37.3 Å². The third-order valence-electron chi connectivity index (χ3n) is 3.15. The minimum Gasteiger partial charge on any atom is -0.399 e. The molecule has 1 aromatic carbocycles. The maximum absolute atomic E-state index is 5.36. The van der Waals surface area contributed by atoms with Crippen molar-refractivity contribution in [2.75, 3.05) is 5.73 Å². The molecule has 2 heteroatoms. The van der Waals surface area contributed by atoms with Crippen LogP contribution in [0.25, 0.3) is 0 Å². The molecule has 0 spiro atoms. The van der Waals surface area contributed by atoms with Gasteiger partial charge in [0.05, 0.1) is 0 Å². The molecule has 1 rings (SSSR count). The van der Waals surface area contributed by atoms with Crippen molar-refractivity contribution in [2.45, 2.75) is 71.1 Å². The van der Waals surface area contributed by atoms with E-state index in [2.05, 4.69) is 13.8 Å². The molecule has 1 aromatic rings. The smallest absolute Gasteiger partial charge is 0.399 e.